The summed E-state index contributed by atoms with van der Waals surface area (Å²) >= 11 is 1.72. The molecule has 5 nitrogen and oxygen atoms in total. The van der Waals surface area contributed by atoms with Gasteiger partial charge in [0.1, 0.15) is 5.01 Å². The van der Waals surface area contributed by atoms with Gasteiger partial charge in [0.2, 0.25) is 0 Å². The number of hydrogen-bond donors (Lipinski definition) is 1. The summed E-state index contributed by atoms with van der Waals surface area (Å²) in [5.74, 6) is 0.468. The second-order valence-electron chi connectivity index (χ2n) is 6.81. The fourth-order valence-corrected chi connectivity index (χ4v) is 4.40. The molecule has 0 aliphatic carbocycles. The van der Waals surface area contributed by atoms with Crippen molar-refractivity contribution in [3.05, 3.63) is 59.4 Å². The molecule has 1 aliphatic heterocycles. The lowest BCUT2D eigenvalue weighted by Crippen LogP contribution is -2.34. The normalized spacial score (nSPS) is 18.3. The zero-order valence-corrected chi connectivity index (χ0v) is 15.6. The minimum absolute atomic E-state index is 0.130. The number of rotatable bonds is 6. The highest BCUT2D eigenvalue weighted by Gasteiger charge is 2.23. The number of thiazole rings is 1. The van der Waals surface area contributed by atoms with Crippen LogP contribution in [0.5, 0.6) is 0 Å². The molecule has 1 N–H and O–H groups in total. The van der Waals surface area contributed by atoms with Crippen molar-refractivity contribution in [2.24, 2.45) is 0 Å². The maximum Gasteiger partial charge on any atom is 0.123 e. The van der Waals surface area contributed by atoms with E-state index in [9.17, 15) is 0 Å². The van der Waals surface area contributed by atoms with Crippen LogP contribution in [0.25, 0.3) is 10.6 Å². The van der Waals surface area contributed by atoms with Gasteiger partial charge in [-0.3, -0.25) is 9.58 Å². The molecule has 4 rings (SSSR count). The largest absolute Gasteiger partial charge is 0.394 e. The molecule has 1 saturated heterocycles. The summed E-state index contributed by atoms with van der Waals surface area (Å²) in [7, 11) is 0. The molecule has 1 aromatic carbocycles. The Bertz CT molecular complexity index is 829. The summed E-state index contributed by atoms with van der Waals surface area (Å²) in [5.41, 5.74) is 3.49. The van der Waals surface area contributed by atoms with Gasteiger partial charge in [-0.1, -0.05) is 30.3 Å². The number of piperidine rings is 1. The second kappa shape index (κ2) is 8.12. The van der Waals surface area contributed by atoms with Crippen molar-refractivity contribution >= 4 is 11.3 Å². The van der Waals surface area contributed by atoms with E-state index in [2.05, 4.69) is 45.7 Å². The third-order valence-corrected chi connectivity index (χ3v) is 5.81. The number of likely N-dealkylation sites (tertiary alicyclic amines) is 1. The Hall–Kier alpha value is -2.02. The summed E-state index contributed by atoms with van der Waals surface area (Å²) < 4.78 is 1.83. The fourth-order valence-electron chi connectivity index (χ4n) is 3.58. The average Bonchev–Trinajstić information content (AvgIpc) is 3.33. The SMILES string of the molecule is OCCn1ccc(C2CCCN(Cc3csc(-c4ccccc4)n3)C2)n1. The summed E-state index contributed by atoms with van der Waals surface area (Å²) in [6, 6.07) is 12.5. The zero-order valence-electron chi connectivity index (χ0n) is 14.8. The molecule has 136 valence electrons. The molecule has 6 heteroatoms. The molecule has 1 aliphatic rings. The van der Waals surface area contributed by atoms with Crippen LogP contribution in [0.15, 0.2) is 48.0 Å². The predicted octanol–water partition coefficient (Wildman–Crippen LogP) is 3.38. The third-order valence-electron chi connectivity index (χ3n) is 4.87. The van der Waals surface area contributed by atoms with Gasteiger partial charge in [-0.15, -0.1) is 11.3 Å². The van der Waals surface area contributed by atoms with E-state index in [0.717, 1.165) is 36.0 Å². The van der Waals surface area contributed by atoms with E-state index in [0.29, 0.717) is 12.5 Å². The number of hydrogen-bond acceptors (Lipinski definition) is 5. The second-order valence-corrected chi connectivity index (χ2v) is 7.67. The van der Waals surface area contributed by atoms with E-state index >= 15 is 0 Å². The molecule has 1 unspecified atom stereocenters. The predicted molar refractivity (Wildman–Crippen MR) is 104 cm³/mol. The van der Waals surface area contributed by atoms with Crippen molar-refractivity contribution in [3.8, 4) is 10.6 Å². The van der Waals surface area contributed by atoms with Gasteiger partial charge >= 0.3 is 0 Å². The molecule has 0 saturated carbocycles. The van der Waals surface area contributed by atoms with E-state index in [4.69, 9.17) is 10.1 Å². The van der Waals surface area contributed by atoms with Crippen LogP contribution in [0.1, 0.15) is 30.1 Å². The van der Waals surface area contributed by atoms with Crippen molar-refractivity contribution in [3.63, 3.8) is 0 Å². The Morgan fingerprint density at radius 2 is 2.08 bits per heavy atom. The summed E-state index contributed by atoms with van der Waals surface area (Å²) in [6.07, 6.45) is 4.34. The third kappa shape index (κ3) is 4.03. The number of benzene rings is 1. The molecule has 0 radical (unpaired) electrons. The first-order valence-electron chi connectivity index (χ1n) is 9.18. The Kier molecular flexibility index (Phi) is 5.43. The van der Waals surface area contributed by atoms with Crippen LogP contribution >= 0.6 is 11.3 Å². The number of aromatic nitrogens is 3. The van der Waals surface area contributed by atoms with Crippen LogP contribution in [-0.4, -0.2) is 44.5 Å². The van der Waals surface area contributed by atoms with Gasteiger partial charge in [-0.2, -0.15) is 5.10 Å². The monoisotopic (exact) mass is 368 g/mol. The molecule has 0 bridgehead atoms. The molecule has 3 aromatic rings. The quantitative estimate of drug-likeness (QED) is 0.725. The van der Waals surface area contributed by atoms with Crippen LogP contribution in [0.2, 0.25) is 0 Å². The van der Waals surface area contributed by atoms with Gasteiger partial charge in [-0.25, -0.2) is 4.98 Å². The van der Waals surface area contributed by atoms with Gasteiger partial charge in [-0.05, 0) is 25.5 Å². The standard InChI is InChI=1S/C20H24N4OS/c25-12-11-24-10-8-19(22-24)17-7-4-9-23(13-17)14-18-15-26-20(21-18)16-5-2-1-3-6-16/h1-3,5-6,8,10,15,17,25H,4,7,9,11-14H2. The summed E-state index contributed by atoms with van der Waals surface area (Å²) in [6.45, 7) is 3.74. The van der Waals surface area contributed by atoms with Crippen molar-refractivity contribution < 1.29 is 5.11 Å². The molecule has 3 heterocycles. The Morgan fingerprint density at radius 1 is 1.19 bits per heavy atom. The van der Waals surface area contributed by atoms with Crippen molar-refractivity contribution in [2.75, 3.05) is 19.7 Å². The minimum Gasteiger partial charge on any atom is -0.394 e. The molecule has 2 aromatic heterocycles. The highest BCUT2D eigenvalue weighted by atomic mass is 32.1. The average molecular weight is 369 g/mol. The molecule has 0 spiro atoms. The smallest absolute Gasteiger partial charge is 0.123 e. The number of aliphatic hydroxyl groups is 1. The highest BCUT2D eigenvalue weighted by Crippen LogP contribution is 2.28. The maximum absolute atomic E-state index is 9.05. The fraction of sp³-hybridized carbons (Fsp3) is 0.400. The molecular formula is C20H24N4OS. The molecule has 0 amide bonds. The van der Waals surface area contributed by atoms with Crippen molar-refractivity contribution in [2.45, 2.75) is 31.8 Å². The Labute approximate surface area is 157 Å². The van der Waals surface area contributed by atoms with Crippen molar-refractivity contribution in [1.82, 2.24) is 19.7 Å². The van der Waals surface area contributed by atoms with E-state index in [-0.39, 0.29) is 6.61 Å². The maximum atomic E-state index is 9.05. The van der Waals surface area contributed by atoms with Gasteiger partial charge < -0.3 is 5.11 Å². The van der Waals surface area contributed by atoms with Gasteiger partial charge in [0.05, 0.1) is 24.5 Å². The number of aliphatic hydroxyl groups excluding tert-OH is 1. The van der Waals surface area contributed by atoms with Gasteiger partial charge in [0, 0.05) is 36.1 Å². The number of nitrogens with zero attached hydrogens (tertiary/aromatic N) is 4. The lowest BCUT2D eigenvalue weighted by molar-refractivity contribution is 0.196. The van der Waals surface area contributed by atoms with Crippen LogP contribution < -0.4 is 0 Å². The molecule has 1 atom stereocenters. The highest BCUT2D eigenvalue weighted by molar-refractivity contribution is 7.13. The zero-order chi connectivity index (χ0) is 17.8. The Balaban J connectivity index is 1.40. The van der Waals surface area contributed by atoms with Crippen LogP contribution in [0, 0.1) is 0 Å². The topological polar surface area (TPSA) is 54.2 Å². The lowest BCUT2D eigenvalue weighted by Gasteiger charge is -2.31. The molecule has 26 heavy (non-hydrogen) atoms. The van der Waals surface area contributed by atoms with E-state index < -0.39 is 0 Å². The lowest BCUT2D eigenvalue weighted by atomic mass is 9.95. The van der Waals surface area contributed by atoms with Gasteiger partial charge in [0.25, 0.3) is 0 Å². The van der Waals surface area contributed by atoms with E-state index in [1.54, 1.807) is 11.3 Å². The first-order chi connectivity index (χ1) is 12.8. The molecule has 1 fully saturated rings. The molecular weight excluding hydrogens is 344 g/mol. The van der Waals surface area contributed by atoms with Crippen LogP contribution in [0.3, 0.4) is 0 Å². The minimum atomic E-state index is 0.130. The first kappa shape index (κ1) is 17.4. The summed E-state index contributed by atoms with van der Waals surface area (Å²) in [4.78, 5) is 7.32. The van der Waals surface area contributed by atoms with Crippen molar-refractivity contribution in [1.29, 1.82) is 0 Å². The van der Waals surface area contributed by atoms with Crippen LogP contribution in [0.4, 0.5) is 0 Å². The van der Waals surface area contributed by atoms with E-state index in [1.807, 2.05) is 16.9 Å². The Morgan fingerprint density at radius 3 is 2.92 bits per heavy atom. The van der Waals surface area contributed by atoms with Gasteiger partial charge in [0.15, 0.2) is 0 Å². The summed E-state index contributed by atoms with van der Waals surface area (Å²) in [5, 5.41) is 17.0. The van der Waals surface area contributed by atoms with E-state index in [1.165, 1.54) is 18.4 Å². The van der Waals surface area contributed by atoms with Crippen LogP contribution in [-0.2, 0) is 13.1 Å². The first-order valence-corrected chi connectivity index (χ1v) is 10.1.